The van der Waals surface area contributed by atoms with Crippen molar-refractivity contribution in [3.8, 4) is 17.2 Å². The van der Waals surface area contributed by atoms with Gasteiger partial charge in [-0.1, -0.05) is 11.3 Å². The number of hydrogen-bond acceptors (Lipinski definition) is 8. The van der Waals surface area contributed by atoms with Crippen LogP contribution in [0.4, 0.5) is 5.13 Å². The van der Waals surface area contributed by atoms with Crippen LogP contribution in [0.25, 0.3) is 6.08 Å². The minimum Gasteiger partial charge on any atom is -0.493 e. The summed E-state index contributed by atoms with van der Waals surface area (Å²) in [6.07, 6.45) is 5.13. The van der Waals surface area contributed by atoms with Gasteiger partial charge in [-0.25, -0.2) is 4.98 Å². The minimum atomic E-state index is -0.399. The molecule has 0 bridgehead atoms. The predicted molar refractivity (Wildman–Crippen MR) is 124 cm³/mol. The highest BCUT2D eigenvalue weighted by Crippen LogP contribution is 2.38. The molecule has 176 valence electrons. The number of carbonyl (C=O) groups is 2. The van der Waals surface area contributed by atoms with Crippen LogP contribution in [0.5, 0.6) is 17.2 Å². The Morgan fingerprint density at radius 3 is 2.61 bits per heavy atom. The van der Waals surface area contributed by atoms with Crippen LogP contribution in [0.2, 0.25) is 0 Å². The molecule has 1 unspecified atom stereocenters. The van der Waals surface area contributed by atoms with E-state index in [1.165, 1.54) is 17.4 Å². The third kappa shape index (κ3) is 5.12. The molecule has 2 aliphatic heterocycles. The first-order chi connectivity index (χ1) is 16.0. The van der Waals surface area contributed by atoms with E-state index in [1.54, 1.807) is 44.4 Å². The summed E-state index contributed by atoms with van der Waals surface area (Å²) in [6.45, 7) is 1.64. The second-order valence-corrected chi connectivity index (χ2v) is 8.77. The lowest BCUT2D eigenvalue weighted by Crippen LogP contribution is -2.34. The zero-order chi connectivity index (χ0) is 23.4. The molecule has 4 rings (SSSR count). The molecule has 1 aromatic carbocycles. The third-order valence-electron chi connectivity index (χ3n) is 5.60. The number of nitrogens with one attached hydrogen (secondary N) is 1. The van der Waals surface area contributed by atoms with Gasteiger partial charge in [0.15, 0.2) is 16.6 Å². The maximum absolute atomic E-state index is 12.8. The molecule has 1 aromatic heterocycles. The van der Waals surface area contributed by atoms with Gasteiger partial charge < -0.3 is 23.8 Å². The second kappa shape index (κ2) is 10.2. The molecule has 2 aromatic rings. The smallest absolute Gasteiger partial charge is 0.255 e. The third-order valence-corrected chi connectivity index (χ3v) is 6.60. The highest BCUT2D eigenvalue weighted by atomic mass is 32.1. The van der Waals surface area contributed by atoms with E-state index < -0.39 is 6.10 Å². The molecular formula is C23H27N3O6S. The molecule has 3 heterocycles. The standard InChI is InChI=1S/C23H27N3O6S/c1-29-17-11-14(12-18(30-2)21(17)31-3)6-7-20(27)26-9-8-15-19(13-26)33-23(24-15)25-22(28)16-5-4-10-32-16/h6-7,11-12,16H,4-5,8-10,13H2,1-3H3,(H,24,25,28)/b7-6+. The summed E-state index contributed by atoms with van der Waals surface area (Å²) >= 11 is 1.41. The zero-order valence-corrected chi connectivity index (χ0v) is 19.7. The van der Waals surface area contributed by atoms with Gasteiger partial charge in [0.1, 0.15) is 6.10 Å². The molecule has 1 saturated heterocycles. The van der Waals surface area contributed by atoms with Crippen molar-refractivity contribution in [3.05, 3.63) is 34.3 Å². The molecule has 1 fully saturated rings. The summed E-state index contributed by atoms with van der Waals surface area (Å²) in [5.41, 5.74) is 1.69. The molecule has 9 nitrogen and oxygen atoms in total. The van der Waals surface area contributed by atoms with Crippen molar-refractivity contribution in [1.82, 2.24) is 9.88 Å². The van der Waals surface area contributed by atoms with Crippen molar-refractivity contribution in [2.24, 2.45) is 0 Å². The molecule has 2 amide bonds. The van der Waals surface area contributed by atoms with E-state index in [2.05, 4.69) is 10.3 Å². The van der Waals surface area contributed by atoms with Crippen molar-refractivity contribution < 1.29 is 28.5 Å². The normalized spacial score (nSPS) is 17.7. The number of hydrogen-bond donors (Lipinski definition) is 1. The van der Waals surface area contributed by atoms with Crippen LogP contribution in [0.3, 0.4) is 0 Å². The Kier molecular flexibility index (Phi) is 7.14. The fourth-order valence-corrected chi connectivity index (χ4v) is 4.90. The molecule has 1 N–H and O–H groups in total. The summed E-state index contributed by atoms with van der Waals surface area (Å²) in [5, 5.41) is 3.41. The van der Waals surface area contributed by atoms with Crippen molar-refractivity contribution in [2.45, 2.75) is 31.9 Å². The first-order valence-electron chi connectivity index (χ1n) is 10.7. The number of amides is 2. The van der Waals surface area contributed by atoms with Crippen LogP contribution >= 0.6 is 11.3 Å². The number of rotatable bonds is 7. The van der Waals surface area contributed by atoms with Gasteiger partial charge >= 0.3 is 0 Å². The molecule has 1 atom stereocenters. The van der Waals surface area contributed by atoms with Crippen LogP contribution < -0.4 is 19.5 Å². The molecule has 10 heteroatoms. The molecule has 2 aliphatic rings. The van der Waals surface area contributed by atoms with Gasteiger partial charge in [-0.3, -0.25) is 14.9 Å². The average molecular weight is 474 g/mol. The summed E-state index contributed by atoms with van der Waals surface area (Å²) < 4.78 is 21.5. The van der Waals surface area contributed by atoms with Crippen LogP contribution in [-0.4, -0.2) is 62.3 Å². The van der Waals surface area contributed by atoms with Gasteiger partial charge in [0, 0.05) is 30.5 Å². The summed E-state index contributed by atoms with van der Waals surface area (Å²) in [5.74, 6) is 1.29. The number of thiazole rings is 1. The van der Waals surface area contributed by atoms with Crippen molar-refractivity contribution >= 4 is 34.4 Å². The first kappa shape index (κ1) is 23.1. The van der Waals surface area contributed by atoms with Gasteiger partial charge in [-0.05, 0) is 36.6 Å². The van der Waals surface area contributed by atoms with Gasteiger partial charge in [-0.15, -0.1) is 0 Å². The van der Waals surface area contributed by atoms with E-state index in [0.29, 0.717) is 48.5 Å². The lowest BCUT2D eigenvalue weighted by atomic mass is 10.1. The number of carbonyl (C=O) groups excluding carboxylic acids is 2. The van der Waals surface area contributed by atoms with Crippen LogP contribution in [-0.2, 0) is 27.3 Å². The quantitative estimate of drug-likeness (QED) is 0.618. The Labute approximate surface area is 196 Å². The number of aromatic nitrogens is 1. The topological polar surface area (TPSA) is 99.2 Å². The Morgan fingerprint density at radius 2 is 1.97 bits per heavy atom. The van der Waals surface area contributed by atoms with Crippen molar-refractivity contribution in [2.75, 3.05) is 39.8 Å². The molecule has 0 saturated carbocycles. The zero-order valence-electron chi connectivity index (χ0n) is 18.9. The number of benzene rings is 1. The van der Waals surface area contributed by atoms with Gasteiger partial charge in [-0.2, -0.15) is 0 Å². The van der Waals surface area contributed by atoms with E-state index in [9.17, 15) is 9.59 Å². The van der Waals surface area contributed by atoms with E-state index in [4.69, 9.17) is 18.9 Å². The van der Waals surface area contributed by atoms with Crippen LogP contribution in [0, 0.1) is 0 Å². The lowest BCUT2D eigenvalue weighted by Gasteiger charge is -2.24. The Hall–Kier alpha value is -3.11. The number of anilines is 1. The van der Waals surface area contributed by atoms with Crippen molar-refractivity contribution in [3.63, 3.8) is 0 Å². The summed E-state index contributed by atoms with van der Waals surface area (Å²) in [7, 11) is 4.64. The SMILES string of the molecule is COc1cc(/C=C/C(=O)N2CCc3nc(NC(=O)C4CCCO4)sc3C2)cc(OC)c1OC. The molecule has 0 aliphatic carbocycles. The maximum atomic E-state index is 12.8. The second-order valence-electron chi connectivity index (χ2n) is 7.68. The maximum Gasteiger partial charge on any atom is 0.255 e. The Balaban J connectivity index is 1.41. The van der Waals surface area contributed by atoms with E-state index >= 15 is 0 Å². The molecule has 0 radical (unpaired) electrons. The first-order valence-corrected chi connectivity index (χ1v) is 11.5. The number of methoxy groups -OCH3 is 3. The van der Waals surface area contributed by atoms with E-state index in [0.717, 1.165) is 29.0 Å². The minimum absolute atomic E-state index is 0.104. The molecule has 0 spiro atoms. The summed E-state index contributed by atoms with van der Waals surface area (Å²) in [6, 6.07) is 3.57. The lowest BCUT2D eigenvalue weighted by molar-refractivity contribution is -0.127. The van der Waals surface area contributed by atoms with E-state index in [1.807, 2.05) is 0 Å². The van der Waals surface area contributed by atoms with Crippen LogP contribution in [0.1, 0.15) is 29.0 Å². The van der Waals surface area contributed by atoms with Crippen LogP contribution in [0.15, 0.2) is 18.2 Å². The largest absolute Gasteiger partial charge is 0.493 e. The van der Waals surface area contributed by atoms with Gasteiger partial charge in [0.25, 0.3) is 5.91 Å². The number of nitrogens with zero attached hydrogens (tertiary/aromatic N) is 2. The highest BCUT2D eigenvalue weighted by Gasteiger charge is 2.27. The highest BCUT2D eigenvalue weighted by molar-refractivity contribution is 7.15. The van der Waals surface area contributed by atoms with Crippen molar-refractivity contribution in [1.29, 1.82) is 0 Å². The van der Waals surface area contributed by atoms with Gasteiger partial charge in [0.05, 0.1) is 33.6 Å². The fourth-order valence-electron chi connectivity index (χ4n) is 3.88. The number of ether oxygens (including phenoxy) is 4. The Bertz CT molecular complexity index is 1040. The average Bonchev–Trinajstić information content (AvgIpc) is 3.51. The Morgan fingerprint density at radius 1 is 1.21 bits per heavy atom. The molecular weight excluding hydrogens is 446 g/mol. The van der Waals surface area contributed by atoms with Gasteiger partial charge in [0.2, 0.25) is 11.7 Å². The predicted octanol–water partition coefficient (Wildman–Crippen LogP) is 2.88. The number of fused-ring (bicyclic) bond motifs is 1. The fraction of sp³-hybridized carbons (Fsp3) is 0.435. The van der Waals surface area contributed by atoms with E-state index in [-0.39, 0.29) is 11.8 Å². The monoisotopic (exact) mass is 473 g/mol. The molecule has 33 heavy (non-hydrogen) atoms. The summed E-state index contributed by atoms with van der Waals surface area (Å²) in [4.78, 5) is 32.4.